The molecule has 114 valence electrons. The summed E-state index contributed by atoms with van der Waals surface area (Å²) < 4.78 is 4.88. The Kier molecular flexibility index (Phi) is 8.11. The molecule has 0 saturated heterocycles. The van der Waals surface area contributed by atoms with E-state index in [1.165, 1.54) is 7.11 Å². The molecule has 2 N–H and O–H groups in total. The van der Waals surface area contributed by atoms with E-state index >= 15 is 0 Å². The zero-order valence-electron chi connectivity index (χ0n) is 13.7. The average molecular weight is 305 g/mol. The smallest absolute Gasteiger partial charge is 0.322 e. The summed E-state index contributed by atoms with van der Waals surface area (Å²) >= 11 is 0. The zero-order chi connectivity index (χ0) is 15.1. The molecule has 0 aromatic carbocycles. The molecule has 0 rings (SSSR count). The molecule has 19 heavy (non-hydrogen) atoms. The molecular weight excluding hydrogens is 272 g/mol. The van der Waals surface area contributed by atoms with Crippen LogP contribution in [-0.4, -0.2) is 42.1 Å². The molecule has 0 aromatic heterocycles. The van der Waals surface area contributed by atoms with Crippen LogP contribution < -0.4 is 9.96 Å². The molecule has 4 nitrogen and oxygen atoms in total. The minimum absolute atomic E-state index is 0.124. The van der Waals surface area contributed by atoms with Crippen molar-refractivity contribution in [2.24, 2.45) is 0 Å². The van der Waals surface area contributed by atoms with Crippen molar-refractivity contribution in [1.29, 1.82) is 0 Å². The first-order chi connectivity index (χ1) is 8.55. The Hall–Kier alpha value is -0.176. The normalized spacial score (nSPS) is 14.3. The van der Waals surface area contributed by atoms with Crippen LogP contribution in [-0.2, 0) is 9.53 Å². The lowest BCUT2D eigenvalue weighted by Crippen LogP contribution is -2.51. The molecule has 0 spiro atoms. The highest BCUT2D eigenvalue weighted by atomic mass is 28.3. The highest BCUT2D eigenvalue weighted by molar-refractivity contribution is 6.74. The second-order valence-electron chi connectivity index (χ2n) is 7.14. The van der Waals surface area contributed by atoms with E-state index in [0.717, 1.165) is 25.8 Å². The van der Waals surface area contributed by atoms with Crippen molar-refractivity contribution in [1.82, 2.24) is 9.96 Å². The highest BCUT2D eigenvalue weighted by Gasteiger charge is 2.25. The molecule has 1 atom stereocenters. The quantitative estimate of drug-likeness (QED) is 0.390. The van der Waals surface area contributed by atoms with Gasteiger partial charge in [-0.2, -0.15) is 0 Å². The van der Waals surface area contributed by atoms with Gasteiger partial charge in [-0.15, -0.1) is 0 Å². The standard InChI is InChI=1S/C13H32N2O2Si2/c1-17-13(16)12(15-19(5,6)7)10-8-9-11-14-18(2,3)4/h12,14-15H,8-11H2,1-7H3. The van der Waals surface area contributed by atoms with Gasteiger partial charge in [0.05, 0.1) is 13.2 Å². The van der Waals surface area contributed by atoms with Crippen molar-refractivity contribution in [3.05, 3.63) is 0 Å². The van der Waals surface area contributed by atoms with E-state index < -0.39 is 16.5 Å². The van der Waals surface area contributed by atoms with E-state index in [1.807, 2.05) is 0 Å². The number of unbranched alkanes of at least 4 members (excludes halogenated alkanes) is 1. The van der Waals surface area contributed by atoms with Gasteiger partial charge in [0.2, 0.25) is 0 Å². The van der Waals surface area contributed by atoms with Crippen LogP contribution in [0.15, 0.2) is 0 Å². The van der Waals surface area contributed by atoms with Crippen molar-refractivity contribution in [2.45, 2.75) is 64.6 Å². The summed E-state index contributed by atoms with van der Waals surface area (Å²) in [6.07, 6.45) is 3.03. The van der Waals surface area contributed by atoms with Gasteiger partial charge >= 0.3 is 5.97 Å². The number of rotatable bonds is 9. The topological polar surface area (TPSA) is 50.4 Å². The molecule has 0 aliphatic rings. The Labute approximate surface area is 120 Å². The summed E-state index contributed by atoms with van der Waals surface area (Å²) in [4.78, 5) is 18.8. The number of methoxy groups -OCH3 is 1. The Balaban J connectivity index is 4.04. The van der Waals surface area contributed by atoms with Gasteiger partial charge in [-0.25, -0.2) is 0 Å². The first-order valence-electron chi connectivity index (χ1n) is 7.16. The number of nitrogens with one attached hydrogen (secondary N) is 2. The fraction of sp³-hybridized carbons (Fsp3) is 0.923. The first kappa shape index (κ1) is 18.8. The number of esters is 1. The molecule has 0 saturated carbocycles. The molecular formula is C13H32N2O2Si2. The van der Waals surface area contributed by atoms with Crippen LogP contribution >= 0.6 is 0 Å². The van der Waals surface area contributed by atoms with Crippen LogP contribution in [0.5, 0.6) is 0 Å². The lowest BCUT2D eigenvalue weighted by atomic mass is 10.1. The third kappa shape index (κ3) is 11.4. The summed E-state index contributed by atoms with van der Waals surface area (Å²) in [6.45, 7) is 14.6. The number of hydrogen-bond acceptors (Lipinski definition) is 4. The van der Waals surface area contributed by atoms with Crippen LogP contribution in [0.3, 0.4) is 0 Å². The molecule has 0 aliphatic heterocycles. The number of ether oxygens (including phenoxy) is 1. The van der Waals surface area contributed by atoms with E-state index in [-0.39, 0.29) is 12.0 Å². The first-order valence-corrected chi connectivity index (χ1v) is 14.2. The van der Waals surface area contributed by atoms with Gasteiger partial charge in [-0.1, -0.05) is 45.7 Å². The maximum absolute atomic E-state index is 11.7. The Bertz CT molecular complexity index is 273. The molecule has 0 aliphatic carbocycles. The third-order valence-corrected chi connectivity index (χ3v) is 5.19. The molecule has 1 unspecified atom stereocenters. The van der Waals surface area contributed by atoms with E-state index in [4.69, 9.17) is 4.74 Å². The van der Waals surface area contributed by atoms with Crippen LogP contribution in [0.1, 0.15) is 19.3 Å². The molecule has 0 fully saturated rings. The number of hydrogen-bond donors (Lipinski definition) is 2. The van der Waals surface area contributed by atoms with E-state index in [9.17, 15) is 4.79 Å². The highest BCUT2D eigenvalue weighted by Crippen LogP contribution is 2.07. The molecule has 0 bridgehead atoms. The molecule has 0 aromatic rings. The van der Waals surface area contributed by atoms with Gasteiger partial charge in [0.25, 0.3) is 0 Å². The van der Waals surface area contributed by atoms with E-state index in [2.05, 4.69) is 49.2 Å². The minimum atomic E-state index is -1.46. The van der Waals surface area contributed by atoms with Crippen molar-refractivity contribution in [2.75, 3.05) is 13.7 Å². The van der Waals surface area contributed by atoms with Crippen LogP contribution in [0.4, 0.5) is 0 Å². The predicted molar refractivity (Wildman–Crippen MR) is 87.5 cm³/mol. The Morgan fingerprint density at radius 2 is 1.63 bits per heavy atom. The largest absolute Gasteiger partial charge is 0.468 e. The molecule has 0 radical (unpaired) electrons. The van der Waals surface area contributed by atoms with Crippen LogP contribution in [0, 0.1) is 0 Å². The SMILES string of the molecule is COC(=O)C(CCCCN[Si](C)(C)C)N[Si](C)(C)C. The van der Waals surface area contributed by atoms with Gasteiger partial charge in [-0.3, -0.25) is 4.79 Å². The number of carbonyl (C=O) groups is 1. The van der Waals surface area contributed by atoms with Crippen LogP contribution in [0.2, 0.25) is 39.3 Å². The summed E-state index contributed by atoms with van der Waals surface area (Å²) in [5.41, 5.74) is 0. The van der Waals surface area contributed by atoms with Gasteiger partial charge in [0, 0.05) is 0 Å². The van der Waals surface area contributed by atoms with Gasteiger partial charge in [0.1, 0.15) is 16.5 Å². The fourth-order valence-corrected chi connectivity index (χ4v) is 4.09. The van der Waals surface area contributed by atoms with Crippen LogP contribution in [0.25, 0.3) is 0 Å². The maximum Gasteiger partial charge on any atom is 0.322 e. The monoisotopic (exact) mass is 304 g/mol. The fourth-order valence-electron chi connectivity index (χ4n) is 1.85. The average Bonchev–Trinajstić information content (AvgIpc) is 2.22. The summed E-state index contributed by atoms with van der Waals surface area (Å²) in [7, 11) is -1.14. The lowest BCUT2D eigenvalue weighted by Gasteiger charge is -2.25. The lowest BCUT2D eigenvalue weighted by molar-refractivity contribution is -0.142. The predicted octanol–water partition coefficient (Wildman–Crippen LogP) is 2.55. The third-order valence-electron chi connectivity index (χ3n) is 2.67. The van der Waals surface area contributed by atoms with Gasteiger partial charge in [0.15, 0.2) is 0 Å². The Morgan fingerprint density at radius 3 is 2.05 bits per heavy atom. The minimum Gasteiger partial charge on any atom is -0.468 e. The van der Waals surface area contributed by atoms with E-state index in [1.54, 1.807) is 0 Å². The maximum atomic E-state index is 11.7. The summed E-state index contributed by atoms with van der Waals surface area (Å²) in [5.74, 6) is -0.124. The summed E-state index contributed by atoms with van der Waals surface area (Å²) in [5, 5.41) is 0. The zero-order valence-corrected chi connectivity index (χ0v) is 15.7. The molecule has 0 amide bonds. The molecule has 0 heterocycles. The van der Waals surface area contributed by atoms with Gasteiger partial charge in [-0.05, 0) is 19.4 Å². The van der Waals surface area contributed by atoms with Crippen molar-refractivity contribution in [3.63, 3.8) is 0 Å². The second-order valence-corrected chi connectivity index (χ2v) is 16.8. The van der Waals surface area contributed by atoms with E-state index in [0.29, 0.717) is 0 Å². The van der Waals surface area contributed by atoms with Crippen molar-refractivity contribution >= 4 is 22.4 Å². The van der Waals surface area contributed by atoms with Crippen molar-refractivity contribution < 1.29 is 9.53 Å². The Morgan fingerprint density at radius 1 is 1.05 bits per heavy atom. The molecule has 6 heteroatoms. The van der Waals surface area contributed by atoms with Crippen molar-refractivity contribution in [3.8, 4) is 0 Å². The van der Waals surface area contributed by atoms with Gasteiger partial charge < -0.3 is 14.7 Å². The number of carbonyl (C=O) groups excluding carboxylic acids is 1. The summed E-state index contributed by atoms with van der Waals surface area (Å²) in [6, 6.07) is -0.136. The second kappa shape index (κ2) is 8.19.